The Morgan fingerprint density at radius 3 is 2.67 bits per heavy atom. The average Bonchev–Trinajstić information content (AvgIpc) is 2.52. The van der Waals surface area contributed by atoms with E-state index >= 15 is 0 Å². The highest BCUT2D eigenvalue weighted by Crippen LogP contribution is 2.37. The molecule has 2 atom stereocenters. The Morgan fingerprint density at radius 1 is 1.10 bits per heavy atom. The Balaban J connectivity index is 1.99. The van der Waals surface area contributed by atoms with Gasteiger partial charge in [-0.3, -0.25) is 0 Å². The van der Waals surface area contributed by atoms with Crippen LogP contribution < -0.4 is 5.32 Å². The molecule has 1 heterocycles. The van der Waals surface area contributed by atoms with E-state index in [9.17, 15) is 0 Å². The van der Waals surface area contributed by atoms with Crippen molar-refractivity contribution in [3.63, 3.8) is 0 Å². The molecule has 0 saturated carbocycles. The predicted octanol–water partition coefficient (Wildman–Crippen LogP) is 3.88. The molecular weight excluding hydrogens is 258 g/mol. The Bertz CT molecular complexity index is 635. The number of nitrogens with one attached hydrogen (secondary N) is 1. The lowest BCUT2D eigenvalue weighted by Crippen LogP contribution is -2.29. The zero-order valence-corrected chi connectivity index (χ0v) is 13.0. The van der Waals surface area contributed by atoms with Gasteiger partial charge in [0.05, 0.1) is 12.6 Å². The summed E-state index contributed by atoms with van der Waals surface area (Å²) in [5.74, 6) is 0. The number of hydrogen-bond acceptors (Lipinski definition) is 2. The van der Waals surface area contributed by atoms with Gasteiger partial charge in [0.1, 0.15) is 6.10 Å². The van der Waals surface area contributed by atoms with Gasteiger partial charge in [0.25, 0.3) is 0 Å². The van der Waals surface area contributed by atoms with Crippen molar-refractivity contribution in [2.24, 2.45) is 0 Å². The van der Waals surface area contributed by atoms with Crippen LogP contribution in [0.4, 0.5) is 0 Å². The van der Waals surface area contributed by atoms with Crippen LogP contribution in [0.2, 0.25) is 0 Å². The van der Waals surface area contributed by atoms with E-state index in [2.05, 4.69) is 61.6 Å². The highest BCUT2D eigenvalue weighted by atomic mass is 16.5. The maximum Gasteiger partial charge on any atom is 0.102 e. The number of rotatable bonds is 3. The van der Waals surface area contributed by atoms with Crippen LogP contribution in [0.15, 0.2) is 42.5 Å². The number of ether oxygens (including phenoxy) is 1. The van der Waals surface area contributed by atoms with Crippen molar-refractivity contribution < 1.29 is 4.74 Å². The van der Waals surface area contributed by atoms with E-state index in [1.54, 1.807) is 0 Å². The summed E-state index contributed by atoms with van der Waals surface area (Å²) in [4.78, 5) is 0. The minimum atomic E-state index is 0.0852. The van der Waals surface area contributed by atoms with E-state index < -0.39 is 0 Å². The summed E-state index contributed by atoms with van der Waals surface area (Å²) >= 11 is 0. The first-order valence-corrected chi connectivity index (χ1v) is 7.64. The van der Waals surface area contributed by atoms with Crippen molar-refractivity contribution in [2.45, 2.75) is 32.4 Å². The van der Waals surface area contributed by atoms with Crippen LogP contribution in [-0.2, 0) is 11.2 Å². The van der Waals surface area contributed by atoms with Crippen molar-refractivity contribution in [1.82, 2.24) is 5.32 Å². The van der Waals surface area contributed by atoms with Gasteiger partial charge in [0.15, 0.2) is 0 Å². The van der Waals surface area contributed by atoms with Gasteiger partial charge in [-0.15, -0.1) is 0 Å². The Kier molecular flexibility index (Phi) is 4.09. The van der Waals surface area contributed by atoms with Crippen LogP contribution in [0.25, 0.3) is 0 Å². The van der Waals surface area contributed by atoms with Crippen LogP contribution in [0.5, 0.6) is 0 Å². The fourth-order valence-electron chi connectivity index (χ4n) is 3.15. The van der Waals surface area contributed by atoms with E-state index in [-0.39, 0.29) is 12.1 Å². The van der Waals surface area contributed by atoms with Crippen molar-refractivity contribution in [3.05, 3.63) is 70.3 Å². The first kappa shape index (κ1) is 14.3. The molecule has 110 valence electrons. The van der Waals surface area contributed by atoms with Crippen LogP contribution in [-0.4, -0.2) is 13.7 Å². The highest BCUT2D eigenvalue weighted by Gasteiger charge is 2.29. The molecule has 3 rings (SSSR count). The van der Waals surface area contributed by atoms with Gasteiger partial charge in [-0.2, -0.15) is 0 Å². The molecule has 1 aliphatic heterocycles. The molecule has 2 heteroatoms. The Hall–Kier alpha value is -1.64. The molecule has 0 saturated heterocycles. The largest absolute Gasteiger partial charge is 0.371 e. The molecule has 0 amide bonds. The summed E-state index contributed by atoms with van der Waals surface area (Å²) in [7, 11) is 2.01. The maximum atomic E-state index is 6.12. The van der Waals surface area contributed by atoms with Crippen LogP contribution in [0.1, 0.15) is 40.0 Å². The van der Waals surface area contributed by atoms with Crippen molar-refractivity contribution in [3.8, 4) is 0 Å². The Labute approximate surface area is 127 Å². The van der Waals surface area contributed by atoms with E-state index in [1.807, 2.05) is 7.05 Å². The number of benzene rings is 2. The molecule has 0 spiro atoms. The molecular formula is C19H23NO. The molecule has 0 radical (unpaired) electrons. The number of hydrogen-bond donors (Lipinski definition) is 1. The number of likely N-dealkylation sites (N-methyl/N-ethyl adjacent to an activating group) is 1. The molecule has 2 nitrogen and oxygen atoms in total. The van der Waals surface area contributed by atoms with Gasteiger partial charge in [-0.05, 0) is 55.1 Å². The van der Waals surface area contributed by atoms with Crippen LogP contribution in [0.3, 0.4) is 0 Å². The Morgan fingerprint density at radius 2 is 1.90 bits per heavy atom. The molecule has 21 heavy (non-hydrogen) atoms. The second-order valence-electron chi connectivity index (χ2n) is 5.85. The van der Waals surface area contributed by atoms with Crippen LogP contribution >= 0.6 is 0 Å². The monoisotopic (exact) mass is 281 g/mol. The minimum Gasteiger partial charge on any atom is -0.371 e. The minimum absolute atomic E-state index is 0.0852. The zero-order chi connectivity index (χ0) is 14.8. The number of fused-ring (bicyclic) bond motifs is 1. The van der Waals surface area contributed by atoms with Crippen molar-refractivity contribution in [1.29, 1.82) is 0 Å². The molecule has 0 aromatic heterocycles. The summed E-state index contributed by atoms with van der Waals surface area (Å²) in [6.45, 7) is 5.12. The molecule has 1 aliphatic rings. The normalized spacial score (nSPS) is 19.1. The molecule has 2 aromatic carbocycles. The van der Waals surface area contributed by atoms with E-state index in [4.69, 9.17) is 4.74 Å². The molecule has 2 unspecified atom stereocenters. The van der Waals surface area contributed by atoms with E-state index in [1.165, 1.54) is 27.8 Å². The highest BCUT2D eigenvalue weighted by molar-refractivity contribution is 5.37. The maximum absolute atomic E-state index is 6.12. The second-order valence-corrected chi connectivity index (χ2v) is 5.85. The third-order valence-corrected chi connectivity index (χ3v) is 4.53. The molecule has 2 aromatic rings. The zero-order valence-electron chi connectivity index (χ0n) is 13.0. The summed E-state index contributed by atoms with van der Waals surface area (Å²) in [6, 6.07) is 15.5. The van der Waals surface area contributed by atoms with Gasteiger partial charge in [0, 0.05) is 0 Å². The smallest absolute Gasteiger partial charge is 0.102 e. The van der Waals surface area contributed by atoms with Gasteiger partial charge in [-0.25, -0.2) is 0 Å². The van der Waals surface area contributed by atoms with Gasteiger partial charge < -0.3 is 10.1 Å². The molecule has 0 fully saturated rings. The standard InChI is InChI=1S/C19H23NO/c1-13-8-9-16(12-14(13)2)18(20-3)19-17-7-5-4-6-15(17)10-11-21-19/h4-9,12,18-20H,10-11H2,1-3H3. The lowest BCUT2D eigenvalue weighted by atomic mass is 9.89. The number of aryl methyl sites for hydroxylation is 2. The summed E-state index contributed by atoms with van der Waals surface area (Å²) < 4.78 is 6.12. The van der Waals surface area contributed by atoms with Gasteiger partial charge in [0.2, 0.25) is 0 Å². The second kappa shape index (κ2) is 6.00. The average molecular weight is 281 g/mol. The fraction of sp³-hybridized carbons (Fsp3) is 0.368. The van der Waals surface area contributed by atoms with Crippen LogP contribution in [0, 0.1) is 13.8 Å². The molecule has 0 bridgehead atoms. The van der Waals surface area contributed by atoms with E-state index in [0.717, 1.165) is 13.0 Å². The van der Waals surface area contributed by atoms with Crippen molar-refractivity contribution >= 4 is 0 Å². The summed E-state index contributed by atoms with van der Waals surface area (Å²) in [5, 5.41) is 3.45. The van der Waals surface area contributed by atoms with Gasteiger partial charge >= 0.3 is 0 Å². The lowest BCUT2D eigenvalue weighted by Gasteiger charge is -2.33. The predicted molar refractivity (Wildman–Crippen MR) is 86.6 cm³/mol. The fourth-order valence-corrected chi connectivity index (χ4v) is 3.15. The summed E-state index contributed by atoms with van der Waals surface area (Å²) in [5.41, 5.74) is 6.69. The SMILES string of the molecule is CNC(c1ccc(C)c(C)c1)C1OCCc2ccccc21. The third-order valence-electron chi connectivity index (χ3n) is 4.53. The summed E-state index contributed by atoms with van der Waals surface area (Å²) in [6.07, 6.45) is 1.10. The van der Waals surface area contributed by atoms with Crippen molar-refractivity contribution in [2.75, 3.05) is 13.7 Å². The molecule has 0 aliphatic carbocycles. The quantitative estimate of drug-likeness (QED) is 0.922. The van der Waals surface area contributed by atoms with E-state index in [0.29, 0.717) is 0 Å². The van der Waals surface area contributed by atoms with Gasteiger partial charge in [-0.1, -0.05) is 42.5 Å². The topological polar surface area (TPSA) is 21.3 Å². The lowest BCUT2D eigenvalue weighted by molar-refractivity contribution is 0.0165. The first-order chi connectivity index (χ1) is 10.2. The first-order valence-electron chi connectivity index (χ1n) is 7.64. The molecule has 1 N–H and O–H groups in total. The third kappa shape index (κ3) is 2.74.